The number of amides is 2. The van der Waals surface area contributed by atoms with Crippen LogP contribution in [0.25, 0.3) is 0 Å². The molecule has 2 aromatic rings. The van der Waals surface area contributed by atoms with Crippen LogP contribution in [0.4, 0.5) is 15.8 Å². The van der Waals surface area contributed by atoms with Gasteiger partial charge in [-0.2, -0.15) is 0 Å². The Bertz CT molecular complexity index is 714. The molecule has 0 unspecified atom stereocenters. The molecule has 6 heteroatoms. The molecule has 2 aromatic carbocycles. The van der Waals surface area contributed by atoms with Gasteiger partial charge in [-0.05, 0) is 42.3 Å². The average molecular weight is 315 g/mol. The van der Waals surface area contributed by atoms with Crippen molar-refractivity contribution in [2.24, 2.45) is 5.73 Å². The van der Waals surface area contributed by atoms with Crippen LogP contribution < -0.4 is 16.4 Å². The van der Waals surface area contributed by atoms with Crippen LogP contribution in [0, 0.1) is 12.7 Å². The van der Waals surface area contributed by atoms with Crippen LogP contribution in [-0.2, 0) is 16.0 Å². The maximum absolute atomic E-state index is 12.9. The molecule has 0 atom stereocenters. The molecule has 0 aromatic heterocycles. The number of nitrogens with two attached hydrogens (primary N) is 1. The first-order valence-electron chi connectivity index (χ1n) is 7.13. The Balaban J connectivity index is 2.06. The van der Waals surface area contributed by atoms with E-state index >= 15 is 0 Å². The zero-order valence-corrected chi connectivity index (χ0v) is 12.7. The quantitative estimate of drug-likeness (QED) is 0.791. The number of benzene rings is 2. The van der Waals surface area contributed by atoms with Gasteiger partial charge in [-0.15, -0.1) is 0 Å². The van der Waals surface area contributed by atoms with Crippen molar-refractivity contribution in [1.82, 2.24) is 0 Å². The number of nitrogens with one attached hydrogen (secondary N) is 2. The Morgan fingerprint density at radius 1 is 1.04 bits per heavy atom. The monoisotopic (exact) mass is 315 g/mol. The van der Waals surface area contributed by atoms with Gasteiger partial charge in [0.1, 0.15) is 5.82 Å². The van der Waals surface area contributed by atoms with E-state index in [1.807, 2.05) is 6.92 Å². The van der Waals surface area contributed by atoms with Gasteiger partial charge in [-0.25, -0.2) is 4.39 Å². The Hall–Kier alpha value is -2.73. The van der Waals surface area contributed by atoms with Gasteiger partial charge in [0.25, 0.3) is 0 Å². The highest BCUT2D eigenvalue weighted by atomic mass is 19.1. The third-order valence-corrected chi connectivity index (χ3v) is 3.26. The molecule has 0 saturated heterocycles. The molecule has 0 fully saturated rings. The van der Waals surface area contributed by atoms with Crippen molar-refractivity contribution in [1.29, 1.82) is 0 Å². The van der Waals surface area contributed by atoms with Crippen molar-refractivity contribution in [2.75, 3.05) is 17.2 Å². The number of carbonyl (C=O) groups excluding carboxylic acids is 2. The van der Waals surface area contributed by atoms with Crippen LogP contribution >= 0.6 is 0 Å². The number of anilines is 2. The van der Waals surface area contributed by atoms with E-state index in [0.29, 0.717) is 16.9 Å². The van der Waals surface area contributed by atoms with Crippen LogP contribution in [0.2, 0.25) is 0 Å². The highest BCUT2D eigenvalue weighted by Crippen LogP contribution is 2.20. The highest BCUT2D eigenvalue weighted by Gasteiger charge is 2.08. The van der Waals surface area contributed by atoms with Gasteiger partial charge >= 0.3 is 0 Å². The van der Waals surface area contributed by atoms with Crippen LogP contribution in [0.15, 0.2) is 42.5 Å². The van der Waals surface area contributed by atoms with Gasteiger partial charge in [0, 0.05) is 11.4 Å². The molecular formula is C17H18FN3O2. The van der Waals surface area contributed by atoms with Gasteiger partial charge < -0.3 is 16.4 Å². The van der Waals surface area contributed by atoms with Crippen LogP contribution in [0.3, 0.4) is 0 Å². The molecule has 120 valence electrons. The number of halogens is 1. The first-order valence-corrected chi connectivity index (χ1v) is 7.13. The first-order chi connectivity index (χ1) is 11.0. The zero-order valence-electron chi connectivity index (χ0n) is 12.7. The molecule has 0 aliphatic rings. The van der Waals surface area contributed by atoms with Crippen molar-refractivity contribution in [3.8, 4) is 0 Å². The molecule has 0 bridgehead atoms. The molecule has 2 rings (SSSR count). The smallest absolute Gasteiger partial charge is 0.238 e. The zero-order chi connectivity index (χ0) is 16.8. The van der Waals surface area contributed by atoms with Crippen LogP contribution in [0.1, 0.15) is 11.1 Å². The fraction of sp³-hybridized carbons (Fsp3) is 0.176. The third kappa shape index (κ3) is 4.89. The Morgan fingerprint density at radius 2 is 1.74 bits per heavy atom. The molecule has 0 radical (unpaired) electrons. The molecule has 23 heavy (non-hydrogen) atoms. The lowest BCUT2D eigenvalue weighted by Crippen LogP contribution is -2.22. The van der Waals surface area contributed by atoms with Crippen molar-refractivity contribution in [2.45, 2.75) is 13.3 Å². The minimum absolute atomic E-state index is 0.111. The van der Waals surface area contributed by atoms with Crippen molar-refractivity contribution in [3.05, 3.63) is 59.4 Å². The van der Waals surface area contributed by atoms with Gasteiger partial charge in [-0.3, -0.25) is 9.59 Å². The summed E-state index contributed by atoms with van der Waals surface area (Å²) in [5.74, 6) is -0.868. The number of aryl methyl sites for hydroxylation is 1. The van der Waals surface area contributed by atoms with E-state index in [1.54, 1.807) is 30.3 Å². The topological polar surface area (TPSA) is 84.2 Å². The minimum Gasteiger partial charge on any atom is -0.325 e. The maximum atomic E-state index is 12.9. The SMILES string of the molecule is Cc1ccc(NC(=O)CN)cc1NC(=O)Cc1ccc(F)cc1. The second-order valence-electron chi connectivity index (χ2n) is 5.13. The largest absolute Gasteiger partial charge is 0.325 e. The van der Waals surface area contributed by atoms with E-state index in [9.17, 15) is 14.0 Å². The summed E-state index contributed by atoms with van der Waals surface area (Å²) in [5.41, 5.74) is 8.00. The molecule has 2 amide bonds. The molecule has 5 nitrogen and oxygen atoms in total. The molecule has 0 heterocycles. The summed E-state index contributed by atoms with van der Waals surface area (Å²) in [6.45, 7) is 1.74. The average Bonchev–Trinajstić information content (AvgIpc) is 2.52. The molecule has 0 saturated carbocycles. The Kier molecular flexibility index (Phi) is 5.43. The summed E-state index contributed by atoms with van der Waals surface area (Å²) in [6, 6.07) is 11.0. The fourth-order valence-electron chi connectivity index (χ4n) is 2.03. The van der Waals surface area contributed by atoms with Gasteiger partial charge in [-0.1, -0.05) is 18.2 Å². The summed E-state index contributed by atoms with van der Waals surface area (Å²) in [5, 5.41) is 5.42. The fourth-order valence-corrected chi connectivity index (χ4v) is 2.03. The van der Waals surface area contributed by atoms with E-state index in [-0.39, 0.29) is 30.6 Å². The first kappa shape index (κ1) is 16.6. The van der Waals surface area contributed by atoms with Crippen molar-refractivity contribution >= 4 is 23.2 Å². The summed E-state index contributed by atoms with van der Waals surface area (Å²) < 4.78 is 12.9. The maximum Gasteiger partial charge on any atom is 0.238 e. The standard InChI is InChI=1S/C17H18FN3O2/c1-11-2-7-14(20-17(23)10-19)9-15(11)21-16(22)8-12-3-5-13(18)6-4-12/h2-7,9H,8,10,19H2,1H3,(H,20,23)(H,21,22). The van der Waals surface area contributed by atoms with E-state index < -0.39 is 0 Å². The van der Waals surface area contributed by atoms with Gasteiger partial charge in [0.05, 0.1) is 13.0 Å². The van der Waals surface area contributed by atoms with Crippen molar-refractivity contribution < 1.29 is 14.0 Å². The van der Waals surface area contributed by atoms with Crippen LogP contribution in [-0.4, -0.2) is 18.4 Å². The summed E-state index contributed by atoms with van der Waals surface area (Å²) in [6.07, 6.45) is 0.138. The Morgan fingerprint density at radius 3 is 2.39 bits per heavy atom. The predicted octanol–water partition coefficient (Wildman–Crippen LogP) is 2.21. The van der Waals surface area contributed by atoms with Gasteiger partial charge in [0.2, 0.25) is 11.8 Å². The minimum atomic E-state index is -0.339. The second-order valence-corrected chi connectivity index (χ2v) is 5.13. The second kappa shape index (κ2) is 7.51. The normalized spacial score (nSPS) is 10.2. The predicted molar refractivity (Wildman–Crippen MR) is 87.6 cm³/mol. The summed E-state index contributed by atoms with van der Waals surface area (Å²) in [4.78, 5) is 23.4. The molecule has 0 spiro atoms. The molecule has 0 aliphatic heterocycles. The van der Waals surface area contributed by atoms with Gasteiger partial charge in [0.15, 0.2) is 0 Å². The molecule has 0 aliphatic carbocycles. The third-order valence-electron chi connectivity index (χ3n) is 3.26. The lowest BCUT2D eigenvalue weighted by molar-refractivity contribution is -0.116. The highest BCUT2D eigenvalue weighted by molar-refractivity contribution is 5.96. The number of rotatable bonds is 5. The summed E-state index contributed by atoms with van der Waals surface area (Å²) in [7, 11) is 0. The number of hydrogen-bond donors (Lipinski definition) is 3. The van der Waals surface area contributed by atoms with Crippen molar-refractivity contribution in [3.63, 3.8) is 0 Å². The van der Waals surface area contributed by atoms with E-state index in [2.05, 4.69) is 10.6 Å². The summed E-state index contributed by atoms with van der Waals surface area (Å²) >= 11 is 0. The lowest BCUT2D eigenvalue weighted by Gasteiger charge is -2.11. The number of carbonyl (C=O) groups is 2. The molecule has 4 N–H and O–H groups in total. The number of hydrogen-bond acceptors (Lipinski definition) is 3. The Labute approximate surface area is 133 Å². The lowest BCUT2D eigenvalue weighted by atomic mass is 10.1. The van der Waals surface area contributed by atoms with E-state index in [0.717, 1.165) is 5.56 Å². The van der Waals surface area contributed by atoms with E-state index in [1.165, 1.54) is 12.1 Å². The van der Waals surface area contributed by atoms with E-state index in [4.69, 9.17) is 5.73 Å². The van der Waals surface area contributed by atoms with Crippen LogP contribution in [0.5, 0.6) is 0 Å². The molecular weight excluding hydrogens is 297 g/mol.